The molecule has 1 atom stereocenters. The predicted molar refractivity (Wildman–Crippen MR) is 56.4 cm³/mol. The first kappa shape index (κ1) is 9.49. The molecule has 14 heavy (non-hydrogen) atoms. The van der Waals surface area contributed by atoms with Crippen molar-refractivity contribution in [2.75, 3.05) is 0 Å². The molecule has 0 aliphatic rings. The molecule has 2 heterocycles. The molecule has 74 valence electrons. The van der Waals surface area contributed by atoms with Gasteiger partial charge in [0.05, 0.1) is 6.26 Å². The van der Waals surface area contributed by atoms with Crippen LogP contribution in [0.4, 0.5) is 0 Å². The van der Waals surface area contributed by atoms with Crippen LogP contribution in [-0.2, 0) is 6.42 Å². The highest BCUT2D eigenvalue weighted by Gasteiger charge is 2.14. The minimum Gasteiger partial charge on any atom is -0.466 e. The molecule has 0 saturated carbocycles. The summed E-state index contributed by atoms with van der Waals surface area (Å²) in [5.74, 6) is 0.677. The van der Waals surface area contributed by atoms with Gasteiger partial charge in [0.15, 0.2) is 0 Å². The Bertz CT molecular complexity index is 389. The summed E-state index contributed by atoms with van der Waals surface area (Å²) in [4.78, 5) is 0. The lowest BCUT2D eigenvalue weighted by Gasteiger charge is -2.07. The van der Waals surface area contributed by atoms with Crippen LogP contribution in [0.25, 0.3) is 0 Å². The van der Waals surface area contributed by atoms with Gasteiger partial charge >= 0.3 is 0 Å². The van der Waals surface area contributed by atoms with Crippen molar-refractivity contribution >= 4 is 11.3 Å². The van der Waals surface area contributed by atoms with Crippen LogP contribution in [0.3, 0.4) is 0 Å². The van der Waals surface area contributed by atoms with Crippen molar-refractivity contribution in [3.05, 3.63) is 46.0 Å². The maximum Gasteiger partial charge on any atom is 0.135 e. The molecule has 0 radical (unpaired) electrons. The van der Waals surface area contributed by atoms with Gasteiger partial charge in [-0.15, -0.1) is 0 Å². The van der Waals surface area contributed by atoms with Crippen LogP contribution in [0.2, 0.25) is 0 Å². The van der Waals surface area contributed by atoms with E-state index in [-0.39, 0.29) is 0 Å². The molecule has 0 bridgehead atoms. The van der Waals surface area contributed by atoms with Crippen LogP contribution < -0.4 is 0 Å². The Labute approximate surface area is 86.8 Å². The van der Waals surface area contributed by atoms with E-state index in [2.05, 4.69) is 0 Å². The topological polar surface area (TPSA) is 33.4 Å². The Morgan fingerprint density at radius 2 is 2.36 bits per heavy atom. The molecule has 1 unspecified atom stereocenters. The molecule has 0 spiro atoms. The van der Waals surface area contributed by atoms with Gasteiger partial charge in [-0.05, 0) is 40.9 Å². The molecule has 0 aliphatic heterocycles. The van der Waals surface area contributed by atoms with Crippen LogP contribution in [-0.4, -0.2) is 5.11 Å². The second kappa shape index (κ2) is 3.98. The number of thiophene rings is 1. The highest BCUT2D eigenvalue weighted by Crippen LogP contribution is 2.23. The first-order valence-corrected chi connectivity index (χ1v) is 5.45. The summed E-state index contributed by atoms with van der Waals surface area (Å²) < 4.78 is 5.23. The summed E-state index contributed by atoms with van der Waals surface area (Å²) in [6.07, 6.45) is 1.71. The molecule has 2 aromatic heterocycles. The predicted octanol–water partition coefficient (Wildman–Crippen LogP) is 2.93. The molecule has 3 heteroatoms. The molecular formula is C11H12O2S. The van der Waals surface area contributed by atoms with Crippen molar-refractivity contribution < 1.29 is 9.52 Å². The van der Waals surface area contributed by atoms with Gasteiger partial charge in [0.25, 0.3) is 0 Å². The minimum absolute atomic E-state index is 0.528. The average molecular weight is 208 g/mol. The Morgan fingerprint density at radius 1 is 1.50 bits per heavy atom. The summed E-state index contributed by atoms with van der Waals surface area (Å²) in [6, 6.07) is 3.89. The fourth-order valence-corrected chi connectivity index (χ4v) is 2.13. The molecule has 2 nitrogen and oxygen atoms in total. The molecule has 0 amide bonds. The molecule has 2 rings (SSSR count). The van der Waals surface area contributed by atoms with Crippen molar-refractivity contribution in [1.82, 2.24) is 0 Å². The normalized spacial score (nSPS) is 13.0. The van der Waals surface area contributed by atoms with Gasteiger partial charge < -0.3 is 9.52 Å². The van der Waals surface area contributed by atoms with Crippen LogP contribution in [0, 0.1) is 6.92 Å². The van der Waals surface area contributed by atoms with E-state index < -0.39 is 6.10 Å². The van der Waals surface area contributed by atoms with Gasteiger partial charge in [0.2, 0.25) is 0 Å². The van der Waals surface area contributed by atoms with Crippen molar-refractivity contribution in [1.29, 1.82) is 0 Å². The van der Waals surface area contributed by atoms with E-state index in [0.717, 1.165) is 11.1 Å². The van der Waals surface area contributed by atoms with Crippen LogP contribution in [0.5, 0.6) is 0 Å². The van der Waals surface area contributed by atoms with Crippen LogP contribution >= 0.6 is 11.3 Å². The average Bonchev–Trinajstić information content (AvgIpc) is 2.75. The summed E-state index contributed by atoms with van der Waals surface area (Å²) in [5, 5.41) is 13.9. The second-order valence-corrected chi connectivity index (χ2v) is 4.10. The van der Waals surface area contributed by atoms with Crippen LogP contribution in [0.1, 0.15) is 23.0 Å². The zero-order chi connectivity index (χ0) is 9.97. The lowest BCUT2D eigenvalue weighted by molar-refractivity contribution is 0.149. The van der Waals surface area contributed by atoms with E-state index in [1.54, 1.807) is 17.6 Å². The SMILES string of the molecule is Cc1ccoc1C(O)Cc1ccsc1. The molecule has 2 aromatic rings. The third-order valence-corrected chi connectivity index (χ3v) is 2.95. The van der Waals surface area contributed by atoms with Crippen molar-refractivity contribution in [3.63, 3.8) is 0 Å². The van der Waals surface area contributed by atoms with E-state index in [1.807, 2.05) is 29.8 Å². The Morgan fingerprint density at radius 3 is 2.93 bits per heavy atom. The quantitative estimate of drug-likeness (QED) is 0.841. The van der Waals surface area contributed by atoms with E-state index in [1.165, 1.54) is 0 Å². The number of rotatable bonds is 3. The van der Waals surface area contributed by atoms with Gasteiger partial charge in [-0.25, -0.2) is 0 Å². The molecule has 1 N–H and O–H groups in total. The third kappa shape index (κ3) is 1.89. The maximum atomic E-state index is 9.87. The van der Waals surface area contributed by atoms with Gasteiger partial charge in [-0.1, -0.05) is 0 Å². The van der Waals surface area contributed by atoms with Crippen molar-refractivity contribution in [3.8, 4) is 0 Å². The minimum atomic E-state index is -0.528. The molecule has 0 aliphatic carbocycles. The van der Waals surface area contributed by atoms with E-state index in [9.17, 15) is 5.11 Å². The van der Waals surface area contributed by atoms with Gasteiger partial charge in [-0.2, -0.15) is 11.3 Å². The first-order chi connectivity index (χ1) is 6.77. The van der Waals surface area contributed by atoms with Gasteiger partial charge in [0, 0.05) is 6.42 Å². The zero-order valence-electron chi connectivity index (χ0n) is 7.93. The van der Waals surface area contributed by atoms with Crippen molar-refractivity contribution in [2.24, 2.45) is 0 Å². The van der Waals surface area contributed by atoms with Gasteiger partial charge in [0.1, 0.15) is 11.9 Å². The highest BCUT2D eigenvalue weighted by atomic mass is 32.1. The fraction of sp³-hybridized carbons (Fsp3) is 0.273. The molecule has 0 aromatic carbocycles. The highest BCUT2D eigenvalue weighted by molar-refractivity contribution is 7.07. The Hall–Kier alpha value is -1.06. The Kier molecular flexibility index (Phi) is 2.70. The molecular weight excluding hydrogens is 196 g/mol. The van der Waals surface area contributed by atoms with E-state index >= 15 is 0 Å². The van der Waals surface area contributed by atoms with Gasteiger partial charge in [-0.3, -0.25) is 0 Å². The molecule has 0 fully saturated rings. The zero-order valence-corrected chi connectivity index (χ0v) is 8.75. The summed E-state index contributed by atoms with van der Waals surface area (Å²) >= 11 is 1.64. The van der Waals surface area contributed by atoms with E-state index in [4.69, 9.17) is 4.42 Å². The van der Waals surface area contributed by atoms with Crippen molar-refractivity contribution in [2.45, 2.75) is 19.4 Å². The summed E-state index contributed by atoms with van der Waals surface area (Å²) in [5.41, 5.74) is 2.16. The monoisotopic (exact) mass is 208 g/mol. The number of aliphatic hydroxyl groups is 1. The number of aryl methyl sites for hydroxylation is 1. The third-order valence-electron chi connectivity index (χ3n) is 2.21. The Balaban J connectivity index is 2.10. The van der Waals surface area contributed by atoms with E-state index in [0.29, 0.717) is 12.2 Å². The molecule has 0 saturated heterocycles. The maximum absolute atomic E-state index is 9.87. The lowest BCUT2D eigenvalue weighted by atomic mass is 10.1. The fourth-order valence-electron chi connectivity index (χ4n) is 1.45. The lowest BCUT2D eigenvalue weighted by Crippen LogP contribution is -2.00. The number of aliphatic hydroxyl groups excluding tert-OH is 1. The smallest absolute Gasteiger partial charge is 0.135 e. The summed E-state index contributed by atoms with van der Waals surface area (Å²) in [6.45, 7) is 1.94. The summed E-state index contributed by atoms with van der Waals surface area (Å²) in [7, 11) is 0. The largest absolute Gasteiger partial charge is 0.466 e. The number of hydrogen-bond donors (Lipinski definition) is 1. The number of furan rings is 1. The van der Waals surface area contributed by atoms with Crippen LogP contribution in [0.15, 0.2) is 33.6 Å². The standard InChI is InChI=1S/C11H12O2S/c1-8-2-4-13-11(8)10(12)6-9-3-5-14-7-9/h2-5,7,10,12H,6H2,1H3. The first-order valence-electron chi connectivity index (χ1n) is 4.50. The second-order valence-electron chi connectivity index (χ2n) is 3.32. The number of hydrogen-bond acceptors (Lipinski definition) is 3.